The molecule has 29 heavy (non-hydrogen) atoms. The molecule has 4 rings (SSSR count). The van der Waals surface area contributed by atoms with Crippen molar-refractivity contribution in [1.82, 2.24) is 0 Å². The molecular weight excluding hydrogens is 372 g/mol. The summed E-state index contributed by atoms with van der Waals surface area (Å²) in [7, 11) is 1.56. The van der Waals surface area contributed by atoms with E-state index in [1.807, 2.05) is 42.5 Å². The van der Waals surface area contributed by atoms with Crippen LogP contribution in [-0.2, 0) is 4.79 Å². The third kappa shape index (κ3) is 3.38. The zero-order valence-corrected chi connectivity index (χ0v) is 15.6. The molecule has 1 aliphatic heterocycles. The van der Waals surface area contributed by atoms with Gasteiger partial charge in [-0.05, 0) is 24.3 Å². The van der Waals surface area contributed by atoms with Crippen LogP contribution in [0, 0.1) is 10.1 Å². The highest BCUT2D eigenvalue weighted by Crippen LogP contribution is 2.44. The van der Waals surface area contributed by atoms with Crippen LogP contribution in [0.1, 0.15) is 11.6 Å². The Balaban J connectivity index is 1.75. The number of rotatable bonds is 6. The molecule has 0 unspecified atom stereocenters. The number of ether oxygens (including phenoxy) is 2. The first-order chi connectivity index (χ1) is 14.1. The van der Waals surface area contributed by atoms with Crippen molar-refractivity contribution in [3.05, 3.63) is 94.5 Å². The van der Waals surface area contributed by atoms with Crippen LogP contribution in [0.4, 0.5) is 11.4 Å². The standard InChI is InChI=1S/C22H18N2O5/c1-28-19-13-6-5-12-18(19)20-21(29-17-10-3-2-4-11-17)22(25)23(20)15-8-7-9-16(14-15)24(26)27/h2-14,20-21H,1H3/t20-,21+/m1/s1. The lowest BCUT2D eigenvalue weighted by atomic mass is 9.89. The Morgan fingerprint density at radius 2 is 1.69 bits per heavy atom. The number of hydrogen-bond donors (Lipinski definition) is 0. The number of anilines is 1. The highest BCUT2D eigenvalue weighted by atomic mass is 16.6. The van der Waals surface area contributed by atoms with Gasteiger partial charge in [-0.25, -0.2) is 0 Å². The summed E-state index contributed by atoms with van der Waals surface area (Å²) in [5.41, 5.74) is 1.12. The Labute approximate surface area is 167 Å². The fraction of sp³-hybridized carbons (Fsp3) is 0.136. The largest absolute Gasteiger partial charge is 0.496 e. The van der Waals surface area contributed by atoms with Crippen molar-refractivity contribution in [3.8, 4) is 11.5 Å². The topological polar surface area (TPSA) is 81.9 Å². The van der Waals surface area contributed by atoms with Crippen LogP contribution in [0.3, 0.4) is 0 Å². The normalized spacial score (nSPS) is 18.1. The first-order valence-electron chi connectivity index (χ1n) is 9.02. The number of non-ortho nitro benzene ring substituents is 1. The fourth-order valence-corrected chi connectivity index (χ4v) is 3.48. The Morgan fingerprint density at radius 1 is 0.966 bits per heavy atom. The maximum Gasteiger partial charge on any atom is 0.271 e. The average molecular weight is 390 g/mol. The zero-order chi connectivity index (χ0) is 20.4. The van der Waals surface area contributed by atoms with Gasteiger partial charge in [-0.2, -0.15) is 0 Å². The van der Waals surface area contributed by atoms with E-state index in [-0.39, 0.29) is 11.6 Å². The van der Waals surface area contributed by atoms with E-state index in [0.29, 0.717) is 17.2 Å². The molecule has 7 nitrogen and oxygen atoms in total. The Hall–Kier alpha value is -3.87. The van der Waals surface area contributed by atoms with Crippen molar-refractivity contribution in [2.75, 3.05) is 12.0 Å². The number of nitro benzene ring substituents is 1. The molecule has 1 amide bonds. The minimum absolute atomic E-state index is 0.0819. The van der Waals surface area contributed by atoms with E-state index in [0.717, 1.165) is 5.56 Å². The number of carbonyl (C=O) groups is 1. The van der Waals surface area contributed by atoms with E-state index < -0.39 is 17.1 Å². The Kier molecular flexibility index (Phi) is 4.87. The number of benzene rings is 3. The minimum Gasteiger partial charge on any atom is -0.496 e. The molecule has 3 aromatic rings. The second-order valence-electron chi connectivity index (χ2n) is 6.52. The molecule has 1 heterocycles. The fourth-order valence-electron chi connectivity index (χ4n) is 3.48. The molecular formula is C22H18N2O5. The van der Waals surface area contributed by atoms with E-state index in [2.05, 4.69) is 0 Å². The summed E-state index contributed by atoms with van der Waals surface area (Å²) < 4.78 is 11.5. The summed E-state index contributed by atoms with van der Waals surface area (Å²) >= 11 is 0. The summed E-state index contributed by atoms with van der Waals surface area (Å²) in [6.07, 6.45) is -0.770. The van der Waals surface area contributed by atoms with Gasteiger partial charge in [0.15, 0.2) is 0 Å². The molecule has 3 aromatic carbocycles. The lowest BCUT2D eigenvalue weighted by Crippen LogP contribution is -2.61. The Morgan fingerprint density at radius 3 is 2.41 bits per heavy atom. The summed E-state index contributed by atoms with van der Waals surface area (Å²) in [6, 6.07) is 22.0. The summed E-state index contributed by atoms with van der Waals surface area (Å²) in [6.45, 7) is 0. The van der Waals surface area contributed by atoms with Gasteiger partial charge in [0, 0.05) is 17.7 Å². The van der Waals surface area contributed by atoms with Gasteiger partial charge in [0.1, 0.15) is 17.5 Å². The first kappa shape index (κ1) is 18.5. The van der Waals surface area contributed by atoms with Gasteiger partial charge < -0.3 is 9.47 Å². The molecule has 1 fully saturated rings. The molecule has 0 saturated carbocycles. The van der Waals surface area contributed by atoms with Gasteiger partial charge >= 0.3 is 0 Å². The van der Waals surface area contributed by atoms with Crippen molar-refractivity contribution in [2.45, 2.75) is 12.1 Å². The summed E-state index contributed by atoms with van der Waals surface area (Å²) in [5.74, 6) is 0.914. The van der Waals surface area contributed by atoms with Crippen LogP contribution >= 0.6 is 0 Å². The molecule has 7 heteroatoms. The Bertz CT molecular complexity index is 1050. The molecule has 0 radical (unpaired) electrons. The number of carbonyl (C=O) groups excluding carboxylic acids is 1. The first-order valence-corrected chi connectivity index (χ1v) is 9.02. The predicted octanol–water partition coefficient (Wildman–Crippen LogP) is 4.14. The molecule has 0 N–H and O–H groups in total. The third-order valence-electron chi connectivity index (χ3n) is 4.83. The van der Waals surface area contributed by atoms with E-state index in [1.165, 1.54) is 17.0 Å². The molecule has 1 saturated heterocycles. The monoisotopic (exact) mass is 390 g/mol. The van der Waals surface area contributed by atoms with Gasteiger partial charge in [-0.1, -0.05) is 42.5 Å². The molecule has 0 aromatic heterocycles. The highest BCUT2D eigenvalue weighted by molar-refractivity contribution is 6.05. The second-order valence-corrected chi connectivity index (χ2v) is 6.52. The van der Waals surface area contributed by atoms with Crippen molar-refractivity contribution >= 4 is 17.3 Å². The van der Waals surface area contributed by atoms with Crippen LogP contribution in [-0.4, -0.2) is 24.0 Å². The van der Waals surface area contributed by atoms with E-state index in [9.17, 15) is 14.9 Å². The van der Waals surface area contributed by atoms with Crippen LogP contribution in [0.25, 0.3) is 0 Å². The second kappa shape index (κ2) is 7.63. The molecule has 0 spiro atoms. The number of nitrogens with zero attached hydrogens (tertiary/aromatic N) is 2. The summed E-state index contributed by atoms with van der Waals surface area (Å²) in [5, 5.41) is 11.2. The lowest BCUT2D eigenvalue weighted by Gasteiger charge is -2.46. The molecule has 0 bridgehead atoms. The molecule has 2 atom stereocenters. The number of hydrogen-bond acceptors (Lipinski definition) is 5. The quantitative estimate of drug-likeness (QED) is 0.359. The number of nitro groups is 1. The minimum atomic E-state index is -0.770. The van der Waals surface area contributed by atoms with Crippen LogP contribution in [0.15, 0.2) is 78.9 Å². The van der Waals surface area contributed by atoms with E-state index >= 15 is 0 Å². The average Bonchev–Trinajstić information content (AvgIpc) is 2.76. The number of para-hydroxylation sites is 2. The SMILES string of the molecule is COc1ccccc1[C@@H]1[C@H](Oc2ccccc2)C(=O)N1c1cccc([N+](=O)[O-])c1. The highest BCUT2D eigenvalue weighted by Gasteiger charge is 2.52. The smallest absolute Gasteiger partial charge is 0.271 e. The maximum atomic E-state index is 13.0. The molecule has 0 aliphatic carbocycles. The van der Waals surface area contributed by atoms with Crippen molar-refractivity contribution in [1.29, 1.82) is 0 Å². The van der Waals surface area contributed by atoms with Crippen LogP contribution in [0.5, 0.6) is 11.5 Å². The molecule has 1 aliphatic rings. The van der Waals surface area contributed by atoms with Crippen molar-refractivity contribution < 1.29 is 19.2 Å². The van der Waals surface area contributed by atoms with Crippen molar-refractivity contribution in [2.24, 2.45) is 0 Å². The maximum absolute atomic E-state index is 13.0. The summed E-state index contributed by atoms with van der Waals surface area (Å²) in [4.78, 5) is 25.2. The van der Waals surface area contributed by atoms with E-state index in [4.69, 9.17) is 9.47 Å². The van der Waals surface area contributed by atoms with Gasteiger partial charge in [0.25, 0.3) is 11.6 Å². The van der Waals surface area contributed by atoms with Gasteiger partial charge in [-0.15, -0.1) is 0 Å². The van der Waals surface area contributed by atoms with E-state index in [1.54, 1.807) is 31.4 Å². The van der Waals surface area contributed by atoms with Crippen LogP contribution < -0.4 is 14.4 Å². The third-order valence-corrected chi connectivity index (χ3v) is 4.83. The number of amides is 1. The van der Waals surface area contributed by atoms with Gasteiger partial charge in [0.2, 0.25) is 6.10 Å². The van der Waals surface area contributed by atoms with Crippen LogP contribution in [0.2, 0.25) is 0 Å². The van der Waals surface area contributed by atoms with Gasteiger partial charge in [0.05, 0.1) is 17.7 Å². The number of β-lactam (4-membered cyclic amide) rings is 1. The predicted molar refractivity (Wildman–Crippen MR) is 107 cm³/mol. The zero-order valence-electron chi connectivity index (χ0n) is 15.6. The van der Waals surface area contributed by atoms with Crippen molar-refractivity contribution in [3.63, 3.8) is 0 Å². The number of methoxy groups -OCH3 is 1. The molecule has 146 valence electrons. The lowest BCUT2D eigenvalue weighted by molar-refractivity contribution is -0.384. The van der Waals surface area contributed by atoms with Gasteiger partial charge in [-0.3, -0.25) is 19.8 Å².